The number of hydrogen-bond donors (Lipinski definition) is 1. The van der Waals surface area contributed by atoms with E-state index in [1.165, 1.54) is 0 Å². The second-order valence-corrected chi connectivity index (χ2v) is 7.18. The van der Waals surface area contributed by atoms with Crippen LogP contribution in [0.25, 0.3) is 0 Å². The van der Waals surface area contributed by atoms with Gasteiger partial charge in [0.1, 0.15) is 0 Å². The van der Waals surface area contributed by atoms with E-state index >= 15 is 0 Å². The number of rotatable bonds is 3. The highest BCUT2D eigenvalue weighted by atomic mass is 16.5. The zero-order chi connectivity index (χ0) is 18.2. The number of aromatic nitrogens is 1. The average molecular weight is 340 g/mol. The number of dihydropyridines is 1. The molecule has 1 aliphatic carbocycles. The minimum Gasteiger partial charge on any atom is -0.463 e. The number of esters is 1. The van der Waals surface area contributed by atoms with E-state index in [2.05, 4.69) is 10.3 Å². The van der Waals surface area contributed by atoms with Crippen LogP contribution >= 0.6 is 0 Å². The standard InChI is InChI=1S/C20H24N2O3/c1-5-25-19(24)15-12(2)22-14-9-10-20(3,4)18(23)17(14)16(15)13-8-6-7-11-21-13/h6-8,11,16,22H,5,9-10H2,1-4H3. The fraction of sp³-hybridized carbons (Fsp3) is 0.450. The summed E-state index contributed by atoms with van der Waals surface area (Å²) in [6, 6.07) is 5.57. The number of ether oxygens (including phenoxy) is 1. The highest BCUT2D eigenvalue weighted by Gasteiger charge is 2.45. The maximum absolute atomic E-state index is 13.2. The molecule has 132 valence electrons. The monoisotopic (exact) mass is 340 g/mol. The van der Waals surface area contributed by atoms with Crippen LogP contribution in [0.2, 0.25) is 0 Å². The molecule has 0 amide bonds. The molecule has 5 heteroatoms. The van der Waals surface area contributed by atoms with E-state index in [0.717, 1.165) is 24.2 Å². The molecule has 3 rings (SSSR count). The molecular weight excluding hydrogens is 316 g/mol. The van der Waals surface area contributed by atoms with Gasteiger partial charge in [-0.3, -0.25) is 9.78 Å². The lowest BCUT2D eigenvalue weighted by Crippen LogP contribution is -2.40. The Labute approximate surface area is 148 Å². The van der Waals surface area contributed by atoms with Gasteiger partial charge in [-0.2, -0.15) is 0 Å². The summed E-state index contributed by atoms with van der Waals surface area (Å²) < 4.78 is 5.27. The molecule has 0 saturated carbocycles. The summed E-state index contributed by atoms with van der Waals surface area (Å²) >= 11 is 0. The van der Waals surface area contributed by atoms with Crippen molar-refractivity contribution in [2.45, 2.75) is 46.5 Å². The van der Waals surface area contributed by atoms with E-state index in [0.29, 0.717) is 16.8 Å². The molecule has 25 heavy (non-hydrogen) atoms. The van der Waals surface area contributed by atoms with Gasteiger partial charge in [0.15, 0.2) is 5.78 Å². The van der Waals surface area contributed by atoms with Crippen molar-refractivity contribution in [3.8, 4) is 0 Å². The Morgan fingerprint density at radius 2 is 2.16 bits per heavy atom. The lowest BCUT2D eigenvalue weighted by Gasteiger charge is -2.39. The van der Waals surface area contributed by atoms with Gasteiger partial charge in [-0.05, 0) is 38.8 Å². The summed E-state index contributed by atoms with van der Waals surface area (Å²) in [5, 5.41) is 3.29. The van der Waals surface area contributed by atoms with Gasteiger partial charge in [0.2, 0.25) is 0 Å². The third-order valence-corrected chi connectivity index (χ3v) is 4.98. The summed E-state index contributed by atoms with van der Waals surface area (Å²) in [5.74, 6) is -0.805. The van der Waals surface area contributed by atoms with Crippen molar-refractivity contribution in [3.63, 3.8) is 0 Å². The van der Waals surface area contributed by atoms with Gasteiger partial charge in [-0.1, -0.05) is 19.9 Å². The maximum atomic E-state index is 13.2. The van der Waals surface area contributed by atoms with Gasteiger partial charge < -0.3 is 10.1 Å². The quantitative estimate of drug-likeness (QED) is 0.856. The van der Waals surface area contributed by atoms with Crippen LogP contribution in [0.15, 0.2) is 46.9 Å². The molecule has 2 heterocycles. The minimum absolute atomic E-state index is 0.0752. The van der Waals surface area contributed by atoms with Crippen molar-refractivity contribution in [2.75, 3.05) is 6.61 Å². The molecule has 1 aliphatic heterocycles. The molecule has 1 N–H and O–H groups in total. The van der Waals surface area contributed by atoms with E-state index in [1.54, 1.807) is 13.1 Å². The third kappa shape index (κ3) is 2.99. The molecule has 0 bridgehead atoms. The molecule has 1 aromatic rings. The number of nitrogens with one attached hydrogen (secondary N) is 1. The summed E-state index contributed by atoms with van der Waals surface area (Å²) in [5.41, 5.74) is 3.03. The Kier molecular flexibility index (Phi) is 4.50. The maximum Gasteiger partial charge on any atom is 0.336 e. The van der Waals surface area contributed by atoms with Crippen LogP contribution in [0.3, 0.4) is 0 Å². The first-order chi connectivity index (χ1) is 11.9. The van der Waals surface area contributed by atoms with Crippen LogP contribution in [-0.2, 0) is 14.3 Å². The first-order valence-electron chi connectivity index (χ1n) is 8.70. The molecule has 0 radical (unpaired) electrons. The van der Waals surface area contributed by atoms with Crippen LogP contribution in [0.1, 0.15) is 52.1 Å². The third-order valence-electron chi connectivity index (χ3n) is 4.98. The van der Waals surface area contributed by atoms with Crippen molar-refractivity contribution in [1.29, 1.82) is 0 Å². The lowest BCUT2D eigenvalue weighted by atomic mass is 9.68. The zero-order valence-electron chi connectivity index (χ0n) is 15.2. The van der Waals surface area contributed by atoms with Gasteiger partial charge in [-0.15, -0.1) is 0 Å². The minimum atomic E-state index is -0.483. The SMILES string of the molecule is CCOC(=O)C1=C(C)NC2=C(C(=O)C(C)(C)CC2)C1c1ccccn1. The predicted octanol–water partition coefficient (Wildman–Crippen LogP) is 3.25. The average Bonchev–Trinajstić information content (AvgIpc) is 2.58. The topological polar surface area (TPSA) is 68.3 Å². The molecule has 1 aromatic heterocycles. The molecule has 1 atom stereocenters. The first kappa shape index (κ1) is 17.4. The summed E-state index contributed by atoms with van der Waals surface area (Å²) in [4.78, 5) is 30.3. The Morgan fingerprint density at radius 1 is 1.40 bits per heavy atom. The molecule has 2 aliphatic rings. The number of pyridine rings is 1. The highest BCUT2D eigenvalue weighted by Crippen LogP contribution is 2.46. The van der Waals surface area contributed by atoms with Crippen molar-refractivity contribution in [1.82, 2.24) is 10.3 Å². The molecule has 0 saturated heterocycles. The van der Waals surface area contributed by atoms with Crippen molar-refractivity contribution in [3.05, 3.63) is 52.6 Å². The second-order valence-electron chi connectivity index (χ2n) is 7.18. The Balaban J connectivity index is 2.18. The van der Waals surface area contributed by atoms with Crippen LogP contribution < -0.4 is 5.32 Å². The molecule has 1 unspecified atom stereocenters. The van der Waals surface area contributed by atoms with E-state index in [9.17, 15) is 9.59 Å². The summed E-state index contributed by atoms with van der Waals surface area (Å²) in [6.45, 7) is 7.85. The van der Waals surface area contributed by atoms with E-state index in [-0.39, 0.29) is 12.4 Å². The van der Waals surface area contributed by atoms with Gasteiger partial charge >= 0.3 is 5.97 Å². The van der Waals surface area contributed by atoms with Crippen molar-refractivity contribution >= 4 is 11.8 Å². The van der Waals surface area contributed by atoms with Gasteiger partial charge in [0, 0.05) is 28.6 Å². The van der Waals surface area contributed by atoms with E-state index < -0.39 is 17.3 Å². The Morgan fingerprint density at radius 3 is 2.80 bits per heavy atom. The highest BCUT2D eigenvalue weighted by molar-refractivity contribution is 6.06. The fourth-order valence-electron chi connectivity index (χ4n) is 3.60. The number of ketones is 1. The predicted molar refractivity (Wildman–Crippen MR) is 94.5 cm³/mol. The summed E-state index contributed by atoms with van der Waals surface area (Å²) in [7, 11) is 0. The molecule has 0 spiro atoms. The Bertz CT molecular complexity index is 775. The first-order valence-corrected chi connectivity index (χ1v) is 8.70. The van der Waals surface area contributed by atoms with Gasteiger partial charge in [0.05, 0.1) is 23.8 Å². The fourth-order valence-corrected chi connectivity index (χ4v) is 3.60. The van der Waals surface area contributed by atoms with E-state index in [1.807, 2.05) is 39.0 Å². The van der Waals surface area contributed by atoms with Crippen molar-refractivity contribution in [2.24, 2.45) is 5.41 Å². The van der Waals surface area contributed by atoms with Gasteiger partial charge in [0.25, 0.3) is 0 Å². The normalized spacial score (nSPS) is 22.4. The summed E-state index contributed by atoms with van der Waals surface area (Å²) in [6.07, 6.45) is 3.26. The number of nitrogens with zero attached hydrogens (tertiary/aromatic N) is 1. The molecule has 0 aromatic carbocycles. The van der Waals surface area contributed by atoms with Crippen LogP contribution in [0, 0.1) is 5.41 Å². The van der Waals surface area contributed by atoms with Gasteiger partial charge in [-0.25, -0.2) is 4.79 Å². The second kappa shape index (κ2) is 6.47. The van der Waals surface area contributed by atoms with Crippen molar-refractivity contribution < 1.29 is 14.3 Å². The van der Waals surface area contributed by atoms with Crippen LogP contribution in [-0.4, -0.2) is 23.3 Å². The number of allylic oxidation sites excluding steroid dienone is 3. The Hall–Kier alpha value is -2.43. The number of hydrogen-bond acceptors (Lipinski definition) is 5. The largest absolute Gasteiger partial charge is 0.463 e. The molecule has 0 fully saturated rings. The number of carbonyl (C=O) groups is 2. The molecule has 5 nitrogen and oxygen atoms in total. The number of Topliss-reactive ketones (excluding diaryl/α,β-unsaturated/α-hetero) is 1. The van der Waals surface area contributed by atoms with E-state index in [4.69, 9.17) is 4.74 Å². The lowest BCUT2D eigenvalue weighted by molar-refractivity contribution is -0.138. The smallest absolute Gasteiger partial charge is 0.336 e. The van der Waals surface area contributed by atoms with Crippen LogP contribution in [0.4, 0.5) is 0 Å². The molecular formula is C20H24N2O3. The number of carbonyl (C=O) groups excluding carboxylic acids is 2. The van der Waals surface area contributed by atoms with Crippen LogP contribution in [0.5, 0.6) is 0 Å². The zero-order valence-corrected chi connectivity index (χ0v) is 15.2.